The SMILES string of the molecule is CC(C)(Oc1ccc(Cl)cc1)C(=O)Nc1ccc2nc[nH]c(=O)c2c1. The molecular formula is C18H16ClN3O3. The van der Waals surface area contributed by atoms with Crippen LogP contribution in [0.4, 0.5) is 5.69 Å². The molecule has 128 valence electrons. The molecule has 1 aromatic heterocycles. The van der Waals surface area contributed by atoms with Gasteiger partial charge in [0.2, 0.25) is 0 Å². The third kappa shape index (κ3) is 3.80. The Morgan fingerprint density at radius 2 is 1.92 bits per heavy atom. The quantitative estimate of drug-likeness (QED) is 0.749. The first-order chi connectivity index (χ1) is 11.8. The first kappa shape index (κ1) is 17.0. The lowest BCUT2D eigenvalue weighted by Gasteiger charge is -2.25. The van der Waals surface area contributed by atoms with Crippen LogP contribution in [0.25, 0.3) is 10.9 Å². The molecule has 2 aromatic carbocycles. The van der Waals surface area contributed by atoms with Crippen molar-refractivity contribution in [1.82, 2.24) is 9.97 Å². The molecule has 0 fully saturated rings. The first-order valence-corrected chi connectivity index (χ1v) is 7.96. The molecule has 0 atom stereocenters. The maximum atomic E-state index is 12.6. The number of H-pyrrole nitrogens is 1. The van der Waals surface area contributed by atoms with Gasteiger partial charge >= 0.3 is 0 Å². The summed E-state index contributed by atoms with van der Waals surface area (Å²) in [5, 5.41) is 3.75. The molecule has 3 rings (SSSR count). The average Bonchev–Trinajstić information content (AvgIpc) is 2.57. The van der Waals surface area contributed by atoms with Gasteiger partial charge in [-0.05, 0) is 56.3 Å². The van der Waals surface area contributed by atoms with Crippen molar-refractivity contribution in [3.63, 3.8) is 0 Å². The molecule has 0 aliphatic rings. The third-order valence-electron chi connectivity index (χ3n) is 3.63. The molecule has 0 saturated heterocycles. The Bertz CT molecular complexity index is 981. The minimum Gasteiger partial charge on any atom is -0.478 e. The second kappa shape index (κ2) is 6.57. The molecule has 7 heteroatoms. The molecule has 0 aliphatic carbocycles. The van der Waals surface area contributed by atoms with Crippen molar-refractivity contribution in [2.45, 2.75) is 19.4 Å². The number of benzene rings is 2. The molecule has 0 spiro atoms. The predicted octanol–water partition coefficient (Wildman–Crippen LogP) is 3.37. The molecule has 0 radical (unpaired) electrons. The summed E-state index contributed by atoms with van der Waals surface area (Å²) in [7, 11) is 0. The highest BCUT2D eigenvalue weighted by Gasteiger charge is 2.30. The molecule has 2 N–H and O–H groups in total. The highest BCUT2D eigenvalue weighted by molar-refractivity contribution is 6.30. The number of anilines is 1. The average molecular weight is 358 g/mol. The molecule has 0 aliphatic heterocycles. The Morgan fingerprint density at radius 3 is 2.64 bits per heavy atom. The highest BCUT2D eigenvalue weighted by atomic mass is 35.5. The number of hydrogen-bond donors (Lipinski definition) is 2. The van der Waals surface area contributed by atoms with E-state index >= 15 is 0 Å². The molecule has 3 aromatic rings. The van der Waals surface area contributed by atoms with Crippen molar-refractivity contribution in [3.8, 4) is 5.75 Å². The summed E-state index contributed by atoms with van der Waals surface area (Å²) in [5.74, 6) is 0.186. The van der Waals surface area contributed by atoms with Crippen molar-refractivity contribution in [3.05, 3.63) is 64.2 Å². The number of fused-ring (bicyclic) bond motifs is 1. The first-order valence-electron chi connectivity index (χ1n) is 7.59. The van der Waals surface area contributed by atoms with Crippen molar-refractivity contribution in [2.75, 3.05) is 5.32 Å². The fourth-order valence-corrected chi connectivity index (χ4v) is 2.40. The topological polar surface area (TPSA) is 84.1 Å². The monoisotopic (exact) mass is 357 g/mol. The van der Waals surface area contributed by atoms with Crippen molar-refractivity contribution in [2.24, 2.45) is 0 Å². The minimum absolute atomic E-state index is 0.266. The van der Waals surface area contributed by atoms with Crippen LogP contribution in [0.1, 0.15) is 13.8 Å². The van der Waals surface area contributed by atoms with Gasteiger partial charge in [-0.2, -0.15) is 0 Å². The lowest BCUT2D eigenvalue weighted by atomic mass is 10.1. The lowest BCUT2D eigenvalue weighted by molar-refractivity contribution is -0.128. The van der Waals surface area contributed by atoms with Crippen LogP contribution < -0.4 is 15.6 Å². The summed E-state index contributed by atoms with van der Waals surface area (Å²) in [6, 6.07) is 11.7. The maximum absolute atomic E-state index is 12.6. The summed E-state index contributed by atoms with van der Waals surface area (Å²) in [4.78, 5) is 31.0. The second-order valence-corrected chi connectivity index (χ2v) is 6.42. The number of carbonyl (C=O) groups excluding carboxylic acids is 1. The number of rotatable bonds is 4. The van der Waals surface area contributed by atoms with Crippen molar-refractivity contribution < 1.29 is 9.53 Å². The van der Waals surface area contributed by atoms with Gasteiger partial charge in [0.15, 0.2) is 5.60 Å². The number of aromatic nitrogens is 2. The van der Waals surface area contributed by atoms with E-state index < -0.39 is 5.60 Å². The van der Waals surface area contributed by atoms with E-state index in [9.17, 15) is 9.59 Å². The van der Waals surface area contributed by atoms with Crippen molar-refractivity contribution in [1.29, 1.82) is 0 Å². The van der Waals surface area contributed by atoms with Crippen LogP contribution in [-0.4, -0.2) is 21.5 Å². The number of aromatic amines is 1. The molecule has 0 unspecified atom stereocenters. The second-order valence-electron chi connectivity index (χ2n) is 5.98. The van der Waals surface area contributed by atoms with Crippen LogP contribution in [0.3, 0.4) is 0 Å². The summed E-state index contributed by atoms with van der Waals surface area (Å²) < 4.78 is 5.75. The summed E-state index contributed by atoms with van der Waals surface area (Å²) >= 11 is 5.85. The van der Waals surface area contributed by atoms with E-state index in [2.05, 4.69) is 15.3 Å². The van der Waals surface area contributed by atoms with Gasteiger partial charge in [0.05, 0.1) is 17.2 Å². The third-order valence-corrected chi connectivity index (χ3v) is 3.88. The molecular weight excluding hydrogens is 342 g/mol. The number of halogens is 1. The van der Waals surface area contributed by atoms with Crippen LogP contribution in [0.15, 0.2) is 53.6 Å². The zero-order valence-electron chi connectivity index (χ0n) is 13.7. The van der Waals surface area contributed by atoms with Crippen LogP contribution in [-0.2, 0) is 4.79 Å². The van der Waals surface area contributed by atoms with Gasteiger partial charge in [-0.15, -0.1) is 0 Å². The number of ether oxygens (including phenoxy) is 1. The smallest absolute Gasteiger partial charge is 0.267 e. The van der Waals surface area contributed by atoms with Crippen molar-refractivity contribution >= 4 is 34.1 Å². The summed E-state index contributed by atoms with van der Waals surface area (Å²) in [6.07, 6.45) is 1.34. The van der Waals surface area contributed by atoms with E-state index in [1.165, 1.54) is 6.33 Å². The van der Waals surface area contributed by atoms with E-state index in [0.29, 0.717) is 27.4 Å². The van der Waals surface area contributed by atoms with E-state index in [0.717, 1.165) is 0 Å². The molecule has 0 saturated carbocycles. The van der Waals surface area contributed by atoms with Gasteiger partial charge in [0, 0.05) is 10.7 Å². The Morgan fingerprint density at radius 1 is 1.20 bits per heavy atom. The number of nitrogens with one attached hydrogen (secondary N) is 2. The zero-order valence-corrected chi connectivity index (χ0v) is 14.4. The van der Waals surface area contributed by atoms with E-state index in [1.807, 2.05) is 0 Å². The Hall–Kier alpha value is -2.86. The number of hydrogen-bond acceptors (Lipinski definition) is 4. The van der Waals surface area contributed by atoms with E-state index in [-0.39, 0.29) is 11.5 Å². The van der Waals surface area contributed by atoms with Gasteiger partial charge in [-0.3, -0.25) is 9.59 Å². The summed E-state index contributed by atoms with van der Waals surface area (Å²) in [5.41, 5.74) is -0.343. The fourth-order valence-electron chi connectivity index (χ4n) is 2.27. The van der Waals surface area contributed by atoms with Crippen LogP contribution >= 0.6 is 11.6 Å². The molecule has 6 nitrogen and oxygen atoms in total. The molecule has 1 heterocycles. The van der Waals surface area contributed by atoms with Gasteiger partial charge in [0.1, 0.15) is 5.75 Å². The molecule has 0 bridgehead atoms. The fraction of sp³-hybridized carbons (Fsp3) is 0.167. The van der Waals surface area contributed by atoms with Crippen LogP contribution in [0.5, 0.6) is 5.75 Å². The molecule has 25 heavy (non-hydrogen) atoms. The number of carbonyl (C=O) groups is 1. The minimum atomic E-state index is -1.12. The predicted molar refractivity (Wildman–Crippen MR) is 97.2 cm³/mol. The number of nitrogens with zero attached hydrogens (tertiary/aromatic N) is 1. The number of amides is 1. The molecule has 1 amide bonds. The highest BCUT2D eigenvalue weighted by Crippen LogP contribution is 2.22. The standard InChI is InChI=1S/C18H16ClN3O3/c1-18(2,25-13-6-3-11(19)4-7-13)17(24)22-12-5-8-15-14(9-12)16(23)21-10-20-15/h3-10H,1-2H3,(H,22,24)(H,20,21,23). The Labute approximate surface area is 148 Å². The Kier molecular flexibility index (Phi) is 4.46. The van der Waals surface area contributed by atoms with Gasteiger partial charge < -0.3 is 15.0 Å². The Balaban J connectivity index is 1.79. The van der Waals surface area contributed by atoms with Gasteiger partial charge in [-0.1, -0.05) is 11.6 Å². The lowest BCUT2D eigenvalue weighted by Crippen LogP contribution is -2.42. The van der Waals surface area contributed by atoms with Gasteiger partial charge in [-0.25, -0.2) is 4.98 Å². The summed E-state index contributed by atoms with van der Waals surface area (Å²) in [6.45, 7) is 3.32. The van der Waals surface area contributed by atoms with Crippen LogP contribution in [0, 0.1) is 0 Å². The van der Waals surface area contributed by atoms with E-state index in [4.69, 9.17) is 16.3 Å². The van der Waals surface area contributed by atoms with Gasteiger partial charge in [0.25, 0.3) is 11.5 Å². The van der Waals surface area contributed by atoms with Crippen LogP contribution in [0.2, 0.25) is 5.02 Å². The van der Waals surface area contributed by atoms with E-state index in [1.54, 1.807) is 56.3 Å². The largest absolute Gasteiger partial charge is 0.478 e. The zero-order chi connectivity index (χ0) is 18.0. The maximum Gasteiger partial charge on any atom is 0.267 e. The normalized spacial score (nSPS) is 11.3.